The fraction of sp³-hybridized carbons (Fsp3) is 0.304. The number of nitrogens with one attached hydrogen (secondary N) is 1. The second kappa shape index (κ2) is 8.58. The van der Waals surface area contributed by atoms with Gasteiger partial charge in [-0.05, 0) is 43.9 Å². The van der Waals surface area contributed by atoms with E-state index in [1.807, 2.05) is 6.92 Å². The average molecular weight is 440 g/mol. The van der Waals surface area contributed by atoms with Crippen molar-refractivity contribution in [1.82, 2.24) is 15.0 Å². The minimum Gasteiger partial charge on any atom is -0.370 e. The first kappa shape index (κ1) is 21.8. The van der Waals surface area contributed by atoms with E-state index in [4.69, 9.17) is 10.5 Å². The van der Waals surface area contributed by atoms with E-state index in [0.29, 0.717) is 17.9 Å². The minimum absolute atomic E-state index is 0.124. The number of rotatable bonds is 4. The van der Waals surface area contributed by atoms with E-state index in [9.17, 15) is 14.0 Å². The van der Waals surface area contributed by atoms with Crippen molar-refractivity contribution in [2.75, 3.05) is 0 Å². The van der Waals surface area contributed by atoms with Crippen molar-refractivity contribution < 1.29 is 18.3 Å². The number of carbonyl (C=O) groups is 1. The fourth-order valence-electron chi connectivity index (χ4n) is 4.00. The van der Waals surface area contributed by atoms with E-state index in [-0.39, 0.29) is 28.5 Å². The molecule has 1 amide bonds. The Kier molecular flexibility index (Phi) is 5.84. The first-order valence-corrected chi connectivity index (χ1v) is 10.3. The molecule has 9 heteroatoms. The predicted molar refractivity (Wildman–Crippen MR) is 114 cm³/mol. The Balaban J connectivity index is 2.05. The molecule has 1 saturated heterocycles. The van der Waals surface area contributed by atoms with Crippen molar-refractivity contribution >= 4 is 5.91 Å². The Morgan fingerprint density at radius 1 is 1.19 bits per heavy atom. The van der Waals surface area contributed by atoms with E-state index < -0.39 is 35.0 Å². The van der Waals surface area contributed by atoms with Crippen molar-refractivity contribution in [2.45, 2.75) is 38.9 Å². The summed E-state index contributed by atoms with van der Waals surface area (Å²) < 4.78 is 36.2. The van der Waals surface area contributed by atoms with Crippen LogP contribution in [0.1, 0.15) is 48.8 Å². The normalized spacial score (nSPS) is 20.8. The highest BCUT2D eigenvalue weighted by molar-refractivity contribution is 5.92. The van der Waals surface area contributed by atoms with Gasteiger partial charge in [-0.2, -0.15) is 4.39 Å². The summed E-state index contributed by atoms with van der Waals surface area (Å²) in [7, 11) is 0. The molecule has 32 heavy (non-hydrogen) atoms. The van der Waals surface area contributed by atoms with Crippen molar-refractivity contribution in [1.29, 1.82) is 0 Å². The molecule has 3 unspecified atom stereocenters. The van der Waals surface area contributed by atoms with Gasteiger partial charge >= 0.3 is 0 Å². The number of halogens is 2. The Bertz CT molecular complexity index is 1230. The monoisotopic (exact) mass is 440 g/mol. The molecule has 3 aromatic rings. The van der Waals surface area contributed by atoms with Crippen molar-refractivity contribution in [3.05, 3.63) is 70.0 Å². The lowest BCUT2D eigenvalue weighted by atomic mass is 9.87. The molecule has 3 aromatic heterocycles. The summed E-state index contributed by atoms with van der Waals surface area (Å²) in [6.07, 6.45) is 3.54. The molecule has 1 aliphatic heterocycles. The average Bonchev–Trinajstić information content (AvgIpc) is 2.76. The van der Waals surface area contributed by atoms with Gasteiger partial charge in [-0.15, -0.1) is 0 Å². The number of aromatic amines is 1. The zero-order valence-electron chi connectivity index (χ0n) is 17.6. The molecule has 7 nitrogen and oxygen atoms in total. The third kappa shape index (κ3) is 3.91. The van der Waals surface area contributed by atoms with Crippen LogP contribution < -0.4 is 11.3 Å². The third-order valence-electron chi connectivity index (χ3n) is 5.88. The SMILES string of the molecule is CC1CCC(c2c(-c3cccnc3)c(-c3nc(C(N)=O)ccc3F)c(F)[nH]c2=O)OC1C. The van der Waals surface area contributed by atoms with Crippen LogP contribution in [0.25, 0.3) is 22.4 Å². The van der Waals surface area contributed by atoms with Crippen LogP contribution in [0.2, 0.25) is 0 Å². The highest BCUT2D eigenvalue weighted by Crippen LogP contribution is 2.41. The fourth-order valence-corrected chi connectivity index (χ4v) is 4.00. The van der Waals surface area contributed by atoms with E-state index in [1.165, 1.54) is 12.4 Å². The van der Waals surface area contributed by atoms with Crippen LogP contribution in [0.15, 0.2) is 41.5 Å². The summed E-state index contributed by atoms with van der Waals surface area (Å²) >= 11 is 0. The number of ether oxygens (including phenoxy) is 1. The summed E-state index contributed by atoms with van der Waals surface area (Å²) in [5.41, 5.74) is 4.34. The van der Waals surface area contributed by atoms with Gasteiger partial charge in [0.25, 0.3) is 11.5 Å². The molecule has 0 aromatic carbocycles. The van der Waals surface area contributed by atoms with Crippen LogP contribution in [0.5, 0.6) is 0 Å². The van der Waals surface area contributed by atoms with Crippen LogP contribution in [0.4, 0.5) is 8.78 Å². The van der Waals surface area contributed by atoms with E-state index >= 15 is 4.39 Å². The minimum atomic E-state index is -1.08. The highest BCUT2D eigenvalue weighted by atomic mass is 19.1. The quantitative estimate of drug-likeness (QED) is 0.600. The van der Waals surface area contributed by atoms with Gasteiger partial charge in [0, 0.05) is 23.5 Å². The van der Waals surface area contributed by atoms with Gasteiger partial charge in [0.1, 0.15) is 17.2 Å². The lowest BCUT2D eigenvalue weighted by Crippen LogP contribution is -2.31. The number of hydrogen-bond donors (Lipinski definition) is 2. The second-order valence-electron chi connectivity index (χ2n) is 7.95. The molecule has 166 valence electrons. The molecule has 1 aliphatic rings. The molecule has 4 heterocycles. The van der Waals surface area contributed by atoms with Gasteiger partial charge in [-0.3, -0.25) is 19.6 Å². The van der Waals surface area contributed by atoms with Gasteiger partial charge in [0.15, 0.2) is 0 Å². The van der Waals surface area contributed by atoms with E-state index in [2.05, 4.69) is 21.9 Å². The molecule has 0 radical (unpaired) electrons. The van der Waals surface area contributed by atoms with Gasteiger partial charge in [-0.1, -0.05) is 13.0 Å². The zero-order chi connectivity index (χ0) is 23.0. The van der Waals surface area contributed by atoms with E-state index in [1.54, 1.807) is 12.1 Å². The maximum Gasteiger partial charge on any atom is 0.267 e. The Hall–Kier alpha value is -3.46. The highest BCUT2D eigenvalue weighted by Gasteiger charge is 2.33. The number of amides is 1. The van der Waals surface area contributed by atoms with Crippen LogP contribution >= 0.6 is 0 Å². The number of primary amides is 1. The molecule has 0 spiro atoms. The molecule has 4 rings (SSSR count). The first-order valence-electron chi connectivity index (χ1n) is 10.3. The number of nitrogens with two attached hydrogens (primary N) is 1. The lowest BCUT2D eigenvalue weighted by molar-refractivity contribution is -0.0710. The largest absolute Gasteiger partial charge is 0.370 e. The van der Waals surface area contributed by atoms with Crippen molar-refractivity contribution in [3.8, 4) is 22.4 Å². The molecular weight excluding hydrogens is 418 g/mol. The number of carbonyl (C=O) groups excluding carboxylic acids is 1. The van der Waals surface area contributed by atoms with Crippen LogP contribution in [-0.2, 0) is 4.74 Å². The van der Waals surface area contributed by atoms with Crippen LogP contribution in [0, 0.1) is 17.7 Å². The number of nitrogens with zero attached hydrogens (tertiary/aromatic N) is 2. The van der Waals surface area contributed by atoms with Crippen molar-refractivity contribution in [3.63, 3.8) is 0 Å². The van der Waals surface area contributed by atoms with Crippen LogP contribution in [0.3, 0.4) is 0 Å². The summed E-state index contributed by atoms with van der Waals surface area (Å²) in [4.78, 5) is 34.8. The van der Waals surface area contributed by atoms with Crippen molar-refractivity contribution in [2.24, 2.45) is 11.7 Å². The Morgan fingerprint density at radius 2 is 1.97 bits per heavy atom. The molecular formula is C23H22F2N4O3. The predicted octanol–water partition coefficient (Wildman–Crippen LogP) is 3.75. The molecule has 3 N–H and O–H groups in total. The maximum absolute atomic E-state index is 15.2. The first-order chi connectivity index (χ1) is 15.3. The van der Waals surface area contributed by atoms with Gasteiger partial charge in [0.2, 0.25) is 5.95 Å². The summed E-state index contributed by atoms with van der Waals surface area (Å²) in [6.45, 7) is 3.97. The molecule has 0 saturated carbocycles. The summed E-state index contributed by atoms with van der Waals surface area (Å²) in [6, 6.07) is 5.36. The van der Waals surface area contributed by atoms with Crippen LogP contribution in [-0.4, -0.2) is 27.0 Å². The summed E-state index contributed by atoms with van der Waals surface area (Å²) in [5, 5.41) is 0. The Labute approximate surface area is 182 Å². The Morgan fingerprint density at radius 3 is 2.62 bits per heavy atom. The number of hydrogen-bond acceptors (Lipinski definition) is 5. The maximum atomic E-state index is 15.2. The number of pyridine rings is 3. The summed E-state index contributed by atoms with van der Waals surface area (Å²) in [5.74, 6) is -2.55. The molecule has 0 aliphatic carbocycles. The lowest BCUT2D eigenvalue weighted by Gasteiger charge is -2.33. The van der Waals surface area contributed by atoms with Gasteiger partial charge in [0.05, 0.1) is 23.3 Å². The smallest absolute Gasteiger partial charge is 0.267 e. The molecule has 3 atom stereocenters. The number of H-pyrrole nitrogens is 1. The second-order valence-corrected chi connectivity index (χ2v) is 7.95. The topological polar surface area (TPSA) is 111 Å². The van der Waals surface area contributed by atoms with Gasteiger partial charge < -0.3 is 10.5 Å². The number of aromatic nitrogens is 3. The zero-order valence-corrected chi connectivity index (χ0v) is 17.6. The van der Waals surface area contributed by atoms with Gasteiger partial charge in [-0.25, -0.2) is 9.37 Å². The third-order valence-corrected chi connectivity index (χ3v) is 5.88. The molecule has 1 fully saturated rings. The molecule has 0 bridgehead atoms. The standard InChI is InChI=1S/C23H22F2N4O3/c1-11-5-8-16(32-12(11)2)18-17(13-4-3-9-27-10-13)19(21(25)29-23(18)31)20-14(24)6-7-15(28-20)22(26)30/h3-4,6-7,9-12,16H,5,8H2,1-2H3,(H2,26,30)(H,29,31). The van der Waals surface area contributed by atoms with E-state index in [0.717, 1.165) is 18.6 Å².